The van der Waals surface area contributed by atoms with Crippen LogP contribution in [0.2, 0.25) is 0 Å². The van der Waals surface area contributed by atoms with E-state index in [0.29, 0.717) is 6.10 Å². The fourth-order valence-corrected chi connectivity index (χ4v) is 2.49. The van der Waals surface area contributed by atoms with Gasteiger partial charge in [-0.2, -0.15) is 0 Å². The summed E-state index contributed by atoms with van der Waals surface area (Å²) in [6, 6.07) is 8.37. The van der Waals surface area contributed by atoms with Gasteiger partial charge in [0.25, 0.3) is 0 Å². The summed E-state index contributed by atoms with van der Waals surface area (Å²) in [5, 5.41) is 3.19. The minimum Gasteiger partial charge on any atom is -0.490 e. The molecule has 0 amide bonds. The summed E-state index contributed by atoms with van der Waals surface area (Å²) >= 11 is 0. The maximum absolute atomic E-state index is 6.18. The molecule has 0 bridgehead atoms. The highest BCUT2D eigenvalue weighted by atomic mass is 16.5. The molecule has 17 heavy (non-hydrogen) atoms. The maximum atomic E-state index is 6.18. The number of hydrogen-bond acceptors (Lipinski definition) is 2. The van der Waals surface area contributed by atoms with Crippen LogP contribution in [0.4, 0.5) is 0 Å². The third-order valence-electron chi connectivity index (χ3n) is 3.44. The van der Waals surface area contributed by atoms with Gasteiger partial charge in [0.15, 0.2) is 0 Å². The van der Waals surface area contributed by atoms with Crippen LogP contribution in [0.15, 0.2) is 24.3 Å². The lowest BCUT2D eigenvalue weighted by Crippen LogP contribution is -2.17. The molecule has 2 heteroatoms. The Bertz CT molecular complexity index is 329. The van der Waals surface area contributed by atoms with Crippen molar-refractivity contribution in [2.45, 2.75) is 51.2 Å². The van der Waals surface area contributed by atoms with Crippen LogP contribution in [0.5, 0.6) is 5.75 Å². The second kappa shape index (κ2) is 6.65. The quantitative estimate of drug-likeness (QED) is 0.804. The van der Waals surface area contributed by atoms with Crippen molar-refractivity contribution in [3.63, 3.8) is 0 Å². The van der Waals surface area contributed by atoms with E-state index in [1.54, 1.807) is 0 Å². The van der Waals surface area contributed by atoms with Gasteiger partial charge in [0, 0.05) is 12.1 Å². The number of ether oxygens (including phenoxy) is 1. The molecule has 0 saturated heterocycles. The molecule has 1 fully saturated rings. The minimum absolute atomic E-state index is 0.426. The van der Waals surface area contributed by atoms with Crippen LogP contribution in [-0.2, 0) is 6.54 Å². The summed E-state index contributed by atoms with van der Waals surface area (Å²) < 4.78 is 6.18. The van der Waals surface area contributed by atoms with Gasteiger partial charge in [-0.05, 0) is 38.8 Å². The Morgan fingerprint density at radius 3 is 2.53 bits per heavy atom. The Kier molecular flexibility index (Phi) is 4.87. The van der Waals surface area contributed by atoms with Gasteiger partial charge in [-0.25, -0.2) is 0 Å². The molecule has 2 rings (SSSR count). The summed E-state index contributed by atoms with van der Waals surface area (Å²) in [5.41, 5.74) is 1.26. The van der Waals surface area contributed by atoms with Gasteiger partial charge in [-0.1, -0.05) is 31.0 Å². The van der Waals surface area contributed by atoms with E-state index < -0.39 is 0 Å². The normalized spacial score (nSPS) is 17.7. The summed E-state index contributed by atoms with van der Waals surface area (Å²) in [6.45, 7) is 0.878. The Hall–Kier alpha value is -1.02. The Labute approximate surface area is 104 Å². The van der Waals surface area contributed by atoms with E-state index in [-0.39, 0.29) is 0 Å². The molecule has 0 unspecified atom stereocenters. The molecule has 0 atom stereocenters. The molecular weight excluding hydrogens is 210 g/mol. The topological polar surface area (TPSA) is 21.3 Å². The van der Waals surface area contributed by atoms with E-state index in [1.807, 2.05) is 7.05 Å². The van der Waals surface area contributed by atoms with Crippen LogP contribution in [0.25, 0.3) is 0 Å². The van der Waals surface area contributed by atoms with Gasteiger partial charge in [0.2, 0.25) is 0 Å². The van der Waals surface area contributed by atoms with Crippen LogP contribution in [0, 0.1) is 0 Å². The van der Waals surface area contributed by atoms with E-state index in [0.717, 1.165) is 12.3 Å². The number of hydrogen-bond donors (Lipinski definition) is 1. The van der Waals surface area contributed by atoms with Gasteiger partial charge in [0.05, 0.1) is 6.10 Å². The summed E-state index contributed by atoms with van der Waals surface area (Å²) in [4.78, 5) is 0. The van der Waals surface area contributed by atoms with E-state index in [2.05, 4.69) is 29.6 Å². The maximum Gasteiger partial charge on any atom is 0.124 e. The lowest BCUT2D eigenvalue weighted by molar-refractivity contribution is 0.182. The van der Waals surface area contributed by atoms with Gasteiger partial charge in [-0.15, -0.1) is 0 Å². The van der Waals surface area contributed by atoms with Gasteiger partial charge >= 0.3 is 0 Å². The van der Waals surface area contributed by atoms with Crippen molar-refractivity contribution in [1.29, 1.82) is 0 Å². The van der Waals surface area contributed by atoms with Gasteiger partial charge in [-0.3, -0.25) is 0 Å². The molecule has 0 aromatic heterocycles. The van der Waals surface area contributed by atoms with Crippen molar-refractivity contribution in [2.75, 3.05) is 7.05 Å². The SMILES string of the molecule is CNCc1ccccc1OC1CCCCCC1. The molecule has 94 valence electrons. The van der Waals surface area contributed by atoms with Crippen molar-refractivity contribution < 1.29 is 4.74 Å². The monoisotopic (exact) mass is 233 g/mol. The fraction of sp³-hybridized carbons (Fsp3) is 0.600. The lowest BCUT2D eigenvalue weighted by atomic mass is 10.1. The zero-order chi connectivity index (χ0) is 11.9. The molecule has 1 aromatic rings. The molecule has 0 spiro atoms. The van der Waals surface area contributed by atoms with E-state index >= 15 is 0 Å². The molecule has 1 aliphatic carbocycles. The highest BCUT2D eigenvalue weighted by Crippen LogP contribution is 2.25. The Morgan fingerprint density at radius 1 is 1.12 bits per heavy atom. The summed E-state index contributed by atoms with van der Waals surface area (Å²) in [7, 11) is 1.97. The van der Waals surface area contributed by atoms with E-state index in [1.165, 1.54) is 44.1 Å². The summed E-state index contributed by atoms with van der Waals surface area (Å²) in [5.74, 6) is 1.06. The van der Waals surface area contributed by atoms with E-state index in [9.17, 15) is 0 Å². The van der Waals surface area contributed by atoms with Crippen LogP contribution < -0.4 is 10.1 Å². The predicted molar refractivity (Wildman–Crippen MR) is 71.3 cm³/mol. The molecule has 0 aliphatic heterocycles. The average Bonchev–Trinajstić information content (AvgIpc) is 2.61. The molecule has 1 saturated carbocycles. The van der Waals surface area contributed by atoms with Crippen LogP contribution >= 0.6 is 0 Å². The number of benzene rings is 1. The minimum atomic E-state index is 0.426. The standard InChI is InChI=1S/C15H23NO/c1-16-12-13-8-6-7-11-15(13)17-14-9-4-2-3-5-10-14/h6-8,11,14,16H,2-5,9-10,12H2,1H3. The highest BCUT2D eigenvalue weighted by Gasteiger charge is 2.14. The largest absolute Gasteiger partial charge is 0.490 e. The van der Waals surface area contributed by atoms with E-state index in [4.69, 9.17) is 4.74 Å². The molecule has 2 nitrogen and oxygen atoms in total. The molecule has 0 radical (unpaired) electrons. The van der Waals surface area contributed by atoms with Crippen molar-refractivity contribution >= 4 is 0 Å². The molecule has 1 N–H and O–H groups in total. The van der Waals surface area contributed by atoms with Crippen molar-refractivity contribution in [1.82, 2.24) is 5.32 Å². The molecule has 1 aromatic carbocycles. The number of nitrogens with one attached hydrogen (secondary N) is 1. The molecular formula is C15H23NO. The zero-order valence-electron chi connectivity index (χ0n) is 10.7. The first-order chi connectivity index (χ1) is 8.40. The first kappa shape index (κ1) is 12.4. The second-order valence-corrected chi connectivity index (χ2v) is 4.87. The lowest BCUT2D eigenvalue weighted by Gasteiger charge is -2.19. The van der Waals surface area contributed by atoms with Crippen LogP contribution in [0.3, 0.4) is 0 Å². The third kappa shape index (κ3) is 3.74. The summed E-state index contributed by atoms with van der Waals surface area (Å²) in [6.07, 6.45) is 8.24. The fourth-order valence-electron chi connectivity index (χ4n) is 2.49. The smallest absolute Gasteiger partial charge is 0.124 e. The van der Waals surface area contributed by atoms with Crippen LogP contribution in [-0.4, -0.2) is 13.2 Å². The number of rotatable bonds is 4. The van der Waals surface area contributed by atoms with Crippen molar-refractivity contribution in [2.24, 2.45) is 0 Å². The number of para-hydroxylation sites is 1. The molecule has 0 heterocycles. The molecule has 1 aliphatic rings. The van der Waals surface area contributed by atoms with Crippen molar-refractivity contribution in [3.8, 4) is 5.75 Å². The average molecular weight is 233 g/mol. The van der Waals surface area contributed by atoms with Crippen LogP contribution in [0.1, 0.15) is 44.1 Å². The van der Waals surface area contributed by atoms with Gasteiger partial charge < -0.3 is 10.1 Å². The first-order valence-corrected chi connectivity index (χ1v) is 6.79. The first-order valence-electron chi connectivity index (χ1n) is 6.79. The van der Waals surface area contributed by atoms with Crippen molar-refractivity contribution in [3.05, 3.63) is 29.8 Å². The highest BCUT2D eigenvalue weighted by molar-refractivity contribution is 5.33. The second-order valence-electron chi connectivity index (χ2n) is 4.87. The predicted octanol–water partition coefficient (Wildman–Crippen LogP) is 3.51. The Balaban J connectivity index is 2.00. The van der Waals surface area contributed by atoms with Gasteiger partial charge in [0.1, 0.15) is 5.75 Å². The third-order valence-corrected chi connectivity index (χ3v) is 3.44. The zero-order valence-corrected chi connectivity index (χ0v) is 10.7. The Morgan fingerprint density at radius 2 is 1.82 bits per heavy atom.